The van der Waals surface area contributed by atoms with Gasteiger partial charge in [-0.05, 0) is 11.6 Å². The van der Waals surface area contributed by atoms with Crippen molar-refractivity contribution in [2.75, 3.05) is 0 Å². The van der Waals surface area contributed by atoms with E-state index < -0.39 is 11.9 Å². The minimum absolute atomic E-state index is 0.0378. The SMILES string of the molecule is Cn1ncc(Cl)c1C(O)Cc1cccc(Cl)c1F. The molecule has 1 N–H and O–H groups in total. The first-order chi connectivity index (χ1) is 8.50. The molecule has 0 fully saturated rings. The monoisotopic (exact) mass is 288 g/mol. The van der Waals surface area contributed by atoms with Gasteiger partial charge in [0.2, 0.25) is 0 Å². The van der Waals surface area contributed by atoms with E-state index in [1.165, 1.54) is 16.9 Å². The second-order valence-corrected chi connectivity index (χ2v) is 4.75. The Labute approximate surface area is 114 Å². The number of aliphatic hydroxyl groups is 1. The van der Waals surface area contributed by atoms with Gasteiger partial charge in [-0.1, -0.05) is 35.3 Å². The predicted octanol–water partition coefficient (Wildman–Crippen LogP) is 3.14. The van der Waals surface area contributed by atoms with Crippen LogP contribution in [-0.2, 0) is 13.5 Å². The van der Waals surface area contributed by atoms with E-state index >= 15 is 0 Å². The van der Waals surface area contributed by atoms with E-state index in [0.29, 0.717) is 16.3 Å². The van der Waals surface area contributed by atoms with Crippen LogP contribution >= 0.6 is 23.2 Å². The molecule has 2 rings (SSSR count). The number of aromatic nitrogens is 2. The van der Waals surface area contributed by atoms with Gasteiger partial charge in [0.1, 0.15) is 11.9 Å². The molecule has 96 valence electrons. The predicted molar refractivity (Wildman–Crippen MR) is 68.3 cm³/mol. The van der Waals surface area contributed by atoms with Crippen molar-refractivity contribution in [3.8, 4) is 0 Å². The van der Waals surface area contributed by atoms with Crippen molar-refractivity contribution in [2.24, 2.45) is 7.05 Å². The number of halogens is 3. The Bertz CT molecular complexity index is 552. The van der Waals surface area contributed by atoms with Crippen LogP contribution in [0, 0.1) is 5.82 Å². The Balaban J connectivity index is 2.27. The first-order valence-corrected chi connectivity index (χ1v) is 6.04. The summed E-state index contributed by atoms with van der Waals surface area (Å²) in [5, 5.41) is 14.4. The van der Waals surface area contributed by atoms with Gasteiger partial charge in [0, 0.05) is 13.5 Å². The summed E-state index contributed by atoms with van der Waals surface area (Å²) in [5.74, 6) is -0.517. The molecule has 2 aromatic rings. The molecule has 1 aromatic carbocycles. The number of nitrogens with zero attached hydrogens (tertiary/aromatic N) is 2. The van der Waals surface area contributed by atoms with Crippen LogP contribution in [0.1, 0.15) is 17.4 Å². The summed E-state index contributed by atoms with van der Waals surface area (Å²) in [6.45, 7) is 0. The number of benzene rings is 1. The van der Waals surface area contributed by atoms with Crippen LogP contribution in [0.5, 0.6) is 0 Å². The van der Waals surface area contributed by atoms with Gasteiger partial charge in [0.25, 0.3) is 0 Å². The summed E-state index contributed by atoms with van der Waals surface area (Å²) in [5.41, 5.74) is 0.795. The molecule has 6 heteroatoms. The van der Waals surface area contributed by atoms with Gasteiger partial charge < -0.3 is 5.11 Å². The Morgan fingerprint density at radius 1 is 1.39 bits per heavy atom. The molecule has 0 aliphatic carbocycles. The largest absolute Gasteiger partial charge is 0.386 e. The molecule has 0 bridgehead atoms. The van der Waals surface area contributed by atoms with Crippen molar-refractivity contribution in [3.05, 3.63) is 51.5 Å². The maximum absolute atomic E-state index is 13.7. The lowest BCUT2D eigenvalue weighted by molar-refractivity contribution is 0.167. The number of aryl methyl sites for hydroxylation is 1. The summed E-state index contributed by atoms with van der Waals surface area (Å²) in [6.07, 6.45) is 0.595. The normalized spacial score (nSPS) is 12.7. The van der Waals surface area contributed by atoms with E-state index in [9.17, 15) is 9.50 Å². The fourth-order valence-corrected chi connectivity index (χ4v) is 2.29. The van der Waals surface area contributed by atoms with E-state index in [-0.39, 0.29) is 11.4 Å². The van der Waals surface area contributed by atoms with Crippen LogP contribution in [0.3, 0.4) is 0 Å². The molecule has 3 nitrogen and oxygen atoms in total. The third kappa shape index (κ3) is 2.51. The summed E-state index contributed by atoms with van der Waals surface area (Å²) >= 11 is 11.6. The van der Waals surface area contributed by atoms with Gasteiger partial charge in [-0.15, -0.1) is 0 Å². The van der Waals surface area contributed by atoms with Gasteiger partial charge in [0.15, 0.2) is 0 Å². The summed E-state index contributed by atoms with van der Waals surface area (Å²) < 4.78 is 15.2. The minimum Gasteiger partial charge on any atom is -0.386 e. The van der Waals surface area contributed by atoms with Gasteiger partial charge in [-0.3, -0.25) is 4.68 Å². The Kier molecular flexibility index (Phi) is 3.90. The van der Waals surface area contributed by atoms with Gasteiger partial charge in [0.05, 0.1) is 21.9 Å². The quantitative estimate of drug-likeness (QED) is 0.942. The van der Waals surface area contributed by atoms with E-state index in [2.05, 4.69) is 5.10 Å². The fraction of sp³-hybridized carbons (Fsp3) is 0.250. The lowest BCUT2D eigenvalue weighted by atomic mass is 10.1. The smallest absolute Gasteiger partial charge is 0.145 e. The van der Waals surface area contributed by atoms with Gasteiger partial charge in [-0.25, -0.2) is 4.39 Å². The number of hydrogen-bond donors (Lipinski definition) is 1. The summed E-state index contributed by atoms with van der Waals surface area (Å²) in [4.78, 5) is 0. The Morgan fingerprint density at radius 2 is 2.11 bits per heavy atom. The number of aliphatic hydroxyl groups excluding tert-OH is 1. The van der Waals surface area contributed by atoms with Crippen LogP contribution in [0.25, 0.3) is 0 Å². The highest BCUT2D eigenvalue weighted by Gasteiger charge is 2.19. The maximum atomic E-state index is 13.7. The molecule has 1 unspecified atom stereocenters. The lowest BCUT2D eigenvalue weighted by Gasteiger charge is -2.12. The molecule has 0 aliphatic rings. The highest BCUT2D eigenvalue weighted by Crippen LogP contribution is 2.27. The van der Waals surface area contributed by atoms with Crippen molar-refractivity contribution in [2.45, 2.75) is 12.5 Å². The topological polar surface area (TPSA) is 38.0 Å². The third-order valence-electron chi connectivity index (χ3n) is 2.70. The van der Waals surface area contributed by atoms with E-state index in [4.69, 9.17) is 23.2 Å². The Morgan fingerprint density at radius 3 is 2.72 bits per heavy atom. The summed E-state index contributed by atoms with van der Waals surface area (Å²) in [6, 6.07) is 4.68. The number of hydrogen-bond acceptors (Lipinski definition) is 2. The standard InChI is InChI=1S/C12H11Cl2FN2O/c1-17-12(9(14)6-16-17)10(18)5-7-3-2-4-8(13)11(7)15/h2-4,6,10,18H,5H2,1H3. The first kappa shape index (κ1) is 13.3. The molecule has 0 aliphatic heterocycles. The van der Waals surface area contributed by atoms with Crippen molar-refractivity contribution >= 4 is 23.2 Å². The number of rotatable bonds is 3. The maximum Gasteiger partial charge on any atom is 0.145 e. The molecule has 1 atom stereocenters. The third-order valence-corrected chi connectivity index (χ3v) is 3.28. The minimum atomic E-state index is -0.932. The first-order valence-electron chi connectivity index (χ1n) is 5.29. The average Bonchev–Trinajstić information content (AvgIpc) is 2.65. The zero-order valence-corrected chi connectivity index (χ0v) is 11.1. The van der Waals surface area contributed by atoms with E-state index in [0.717, 1.165) is 0 Å². The fourth-order valence-electron chi connectivity index (χ4n) is 1.81. The highest BCUT2D eigenvalue weighted by molar-refractivity contribution is 6.31. The zero-order chi connectivity index (χ0) is 13.3. The van der Waals surface area contributed by atoms with Crippen molar-refractivity contribution in [1.82, 2.24) is 9.78 Å². The van der Waals surface area contributed by atoms with Crippen LogP contribution in [-0.4, -0.2) is 14.9 Å². The second-order valence-electron chi connectivity index (χ2n) is 3.93. The molecular weight excluding hydrogens is 278 g/mol. The van der Waals surface area contributed by atoms with E-state index in [1.54, 1.807) is 19.2 Å². The molecule has 0 amide bonds. The molecule has 1 aromatic heterocycles. The Hall–Kier alpha value is -1.10. The molecule has 0 saturated heterocycles. The van der Waals surface area contributed by atoms with Crippen LogP contribution in [0.15, 0.2) is 24.4 Å². The zero-order valence-electron chi connectivity index (χ0n) is 9.57. The highest BCUT2D eigenvalue weighted by atomic mass is 35.5. The molecule has 0 spiro atoms. The van der Waals surface area contributed by atoms with Gasteiger partial charge >= 0.3 is 0 Å². The molecular formula is C12H11Cl2FN2O. The molecule has 0 saturated carbocycles. The van der Waals surface area contributed by atoms with Gasteiger partial charge in [-0.2, -0.15) is 5.10 Å². The van der Waals surface area contributed by atoms with E-state index in [1.807, 2.05) is 0 Å². The van der Waals surface area contributed by atoms with Crippen LogP contribution in [0.4, 0.5) is 4.39 Å². The van der Waals surface area contributed by atoms with Crippen LogP contribution in [0.2, 0.25) is 10.0 Å². The van der Waals surface area contributed by atoms with Crippen molar-refractivity contribution < 1.29 is 9.50 Å². The van der Waals surface area contributed by atoms with Crippen molar-refractivity contribution in [1.29, 1.82) is 0 Å². The van der Waals surface area contributed by atoms with Crippen molar-refractivity contribution in [3.63, 3.8) is 0 Å². The molecule has 0 radical (unpaired) electrons. The second kappa shape index (κ2) is 5.26. The lowest BCUT2D eigenvalue weighted by Crippen LogP contribution is -2.09. The average molecular weight is 289 g/mol. The summed E-state index contributed by atoms with van der Waals surface area (Å²) in [7, 11) is 1.67. The van der Waals surface area contributed by atoms with Crippen LogP contribution < -0.4 is 0 Å². The molecule has 18 heavy (non-hydrogen) atoms. The molecule has 1 heterocycles.